The van der Waals surface area contributed by atoms with Crippen molar-refractivity contribution in [3.63, 3.8) is 0 Å². The standard InChI is InChI=1S/C13H22N2/c1-10(2)13(11(3)4)9-15-12-5-7-14-8-6-12/h5-8,10-11,13H,9H2,1-4H3,(H,14,15). The van der Waals surface area contributed by atoms with Crippen LogP contribution in [0.1, 0.15) is 27.7 Å². The molecular weight excluding hydrogens is 184 g/mol. The molecule has 1 N–H and O–H groups in total. The summed E-state index contributed by atoms with van der Waals surface area (Å²) in [5.74, 6) is 2.16. The van der Waals surface area contributed by atoms with Gasteiger partial charge in [-0.05, 0) is 29.9 Å². The van der Waals surface area contributed by atoms with Crippen molar-refractivity contribution in [3.05, 3.63) is 24.5 Å². The van der Waals surface area contributed by atoms with Crippen molar-refractivity contribution >= 4 is 5.69 Å². The zero-order chi connectivity index (χ0) is 11.3. The molecule has 0 aliphatic rings. The number of nitrogens with one attached hydrogen (secondary N) is 1. The van der Waals surface area contributed by atoms with Crippen molar-refractivity contribution in [2.45, 2.75) is 27.7 Å². The first kappa shape index (κ1) is 12.0. The van der Waals surface area contributed by atoms with Gasteiger partial charge in [-0.25, -0.2) is 0 Å². The SMILES string of the molecule is CC(C)C(CNc1ccncc1)C(C)C. The quantitative estimate of drug-likeness (QED) is 0.798. The lowest BCUT2D eigenvalue weighted by Gasteiger charge is -2.25. The van der Waals surface area contributed by atoms with E-state index in [1.807, 2.05) is 24.5 Å². The lowest BCUT2D eigenvalue weighted by atomic mass is 9.85. The van der Waals surface area contributed by atoms with Crippen LogP contribution in [-0.2, 0) is 0 Å². The van der Waals surface area contributed by atoms with Gasteiger partial charge in [0.15, 0.2) is 0 Å². The second-order valence-electron chi connectivity index (χ2n) is 4.77. The molecule has 1 aromatic rings. The first-order valence-corrected chi connectivity index (χ1v) is 5.75. The van der Waals surface area contributed by atoms with Crippen LogP contribution in [0.15, 0.2) is 24.5 Å². The number of hydrogen-bond acceptors (Lipinski definition) is 2. The summed E-state index contributed by atoms with van der Waals surface area (Å²) in [6.45, 7) is 10.2. The highest BCUT2D eigenvalue weighted by atomic mass is 14.9. The first-order chi connectivity index (χ1) is 7.11. The minimum atomic E-state index is 0.721. The molecule has 2 nitrogen and oxygen atoms in total. The fraction of sp³-hybridized carbons (Fsp3) is 0.615. The summed E-state index contributed by atoms with van der Waals surface area (Å²) in [6.07, 6.45) is 3.64. The van der Waals surface area contributed by atoms with Crippen molar-refractivity contribution in [3.8, 4) is 0 Å². The Bertz CT molecular complexity index is 259. The van der Waals surface area contributed by atoms with E-state index in [1.54, 1.807) is 0 Å². The number of nitrogens with zero attached hydrogens (tertiary/aromatic N) is 1. The van der Waals surface area contributed by atoms with Gasteiger partial charge in [-0.2, -0.15) is 0 Å². The zero-order valence-electron chi connectivity index (χ0n) is 10.2. The second-order valence-corrected chi connectivity index (χ2v) is 4.77. The summed E-state index contributed by atoms with van der Waals surface area (Å²) in [7, 11) is 0. The molecule has 0 spiro atoms. The number of aromatic nitrogens is 1. The van der Waals surface area contributed by atoms with E-state index in [1.165, 1.54) is 0 Å². The Hall–Kier alpha value is -1.05. The molecule has 1 heterocycles. The van der Waals surface area contributed by atoms with E-state index in [2.05, 4.69) is 38.0 Å². The molecule has 0 fully saturated rings. The predicted octanol–water partition coefficient (Wildman–Crippen LogP) is 3.42. The van der Waals surface area contributed by atoms with Crippen molar-refractivity contribution in [2.24, 2.45) is 17.8 Å². The number of rotatable bonds is 5. The van der Waals surface area contributed by atoms with Gasteiger partial charge in [0.25, 0.3) is 0 Å². The average Bonchev–Trinajstić information content (AvgIpc) is 2.18. The molecule has 0 aliphatic heterocycles. The van der Waals surface area contributed by atoms with Gasteiger partial charge >= 0.3 is 0 Å². The van der Waals surface area contributed by atoms with Crippen LogP contribution in [0.3, 0.4) is 0 Å². The minimum absolute atomic E-state index is 0.721. The normalized spacial score (nSPS) is 11.4. The zero-order valence-corrected chi connectivity index (χ0v) is 10.2. The van der Waals surface area contributed by atoms with Gasteiger partial charge in [-0.15, -0.1) is 0 Å². The largest absolute Gasteiger partial charge is 0.385 e. The Balaban J connectivity index is 2.47. The van der Waals surface area contributed by atoms with Crippen LogP contribution in [0, 0.1) is 17.8 Å². The summed E-state index contributed by atoms with van der Waals surface area (Å²) in [6, 6.07) is 4.02. The first-order valence-electron chi connectivity index (χ1n) is 5.75. The molecule has 84 valence electrons. The van der Waals surface area contributed by atoms with E-state index in [4.69, 9.17) is 0 Å². The van der Waals surface area contributed by atoms with E-state index in [-0.39, 0.29) is 0 Å². The fourth-order valence-corrected chi connectivity index (χ4v) is 1.95. The monoisotopic (exact) mass is 206 g/mol. The van der Waals surface area contributed by atoms with Gasteiger partial charge in [0.05, 0.1) is 0 Å². The molecule has 1 aromatic heterocycles. The molecule has 0 radical (unpaired) electrons. The van der Waals surface area contributed by atoms with E-state index >= 15 is 0 Å². The Morgan fingerprint density at radius 3 is 2.07 bits per heavy atom. The highest BCUT2D eigenvalue weighted by molar-refractivity contribution is 5.40. The summed E-state index contributed by atoms with van der Waals surface area (Å²) in [5, 5.41) is 3.47. The summed E-state index contributed by atoms with van der Waals surface area (Å²) in [4.78, 5) is 4.00. The van der Waals surface area contributed by atoms with Gasteiger partial charge in [0.1, 0.15) is 0 Å². The van der Waals surface area contributed by atoms with Crippen LogP contribution in [-0.4, -0.2) is 11.5 Å². The topological polar surface area (TPSA) is 24.9 Å². The van der Waals surface area contributed by atoms with Crippen LogP contribution >= 0.6 is 0 Å². The van der Waals surface area contributed by atoms with Gasteiger partial charge in [-0.3, -0.25) is 4.98 Å². The molecule has 0 bridgehead atoms. The lowest BCUT2D eigenvalue weighted by molar-refractivity contribution is 0.304. The molecule has 0 saturated heterocycles. The molecule has 0 atom stereocenters. The van der Waals surface area contributed by atoms with Crippen molar-refractivity contribution < 1.29 is 0 Å². The fourth-order valence-electron chi connectivity index (χ4n) is 1.95. The van der Waals surface area contributed by atoms with Gasteiger partial charge < -0.3 is 5.32 Å². The molecule has 0 aliphatic carbocycles. The van der Waals surface area contributed by atoms with Crippen LogP contribution in [0.25, 0.3) is 0 Å². The Labute approximate surface area is 93.1 Å². The van der Waals surface area contributed by atoms with E-state index in [0.717, 1.165) is 30.0 Å². The van der Waals surface area contributed by atoms with E-state index < -0.39 is 0 Å². The molecule has 1 rings (SSSR count). The minimum Gasteiger partial charge on any atom is -0.385 e. The maximum Gasteiger partial charge on any atom is 0.0371 e. The Morgan fingerprint density at radius 2 is 1.60 bits per heavy atom. The number of anilines is 1. The third-order valence-corrected chi connectivity index (χ3v) is 2.93. The van der Waals surface area contributed by atoms with Gasteiger partial charge in [0, 0.05) is 24.6 Å². The molecule has 0 saturated carbocycles. The molecule has 0 aromatic carbocycles. The van der Waals surface area contributed by atoms with Crippen molar-refractivity contribution in [1.29, 1.82) is 0 Å². The second kappa shape index (κ2) is 5.74. The maximum absolute atomic E-state index is 4.00. The Morgan fingerprint density at radius 1 is 1.07 bits per heavy atom. The van der Waals surface area contributed by atoms with E-state index in [0.29, 0.717) is 0 Å². The maximum atomic E-state index is 4.00. The van der Waals surface area contributed by atoms with Gasteiger partial charge in [0.2, 0.25) is 0 Å². The third-order valence-electron chi connectivity index (χ3n) is 2.93. The van der Waals surface area contributed by atoms with Crippen LogP contribution in [0.2, 0.25) is 0 Å². The predicted molar refractivity (Wildman–Crippen MR) is 65.9 cm³/mol. The molecule has 0 amide bonds. The summed E-state index contributed by atoms with van der Waals surface area (Å²) in [5.41, 5.74) is 1.16. The average molecular weight is 206 g/mol. The van der Waals surface area contributed by atoms with Crippen LogP contribution in [0.5, 0.6) is 0 Å². The molecule has 15 heavy (non-hydrogen) atoms. The number of pyridine rings is 1. The smallest absolute Gasteiger partial charge is 0.0371 e. The Kier molecular flexibility index (Phi) is 4.60. The summed E-state index contributed by atoms with van der Waals surface area (Å²) < 4.78 is 0. The number of hydrogen-bond donors (Lipinski definition) is 1. The highest BCUT2D eigenvalue weighted by Gasteiger charge is 2.16. The van der Waals surface area contributed by atoms with Crippen LogP contribution in [0.4, 0.5) is 5.69 Å². The lowest BCUT2D eigenvalue weighted by Crippen LogP contribution is -2.24. The third kappa shape index (κ3) is 3.90. The summed E-state index contributed by atoms with van der Waals surface area (Å²) >= 11 is 0. The van der Waals surface area contributed by atoms with Gasteiger partial charge in [-0.1, -0.05) is 27.7 Å². The molecule has 2 heteroatoms. The van der Waals surface area contributed by atoms with Crippen LogP contribution < -0.4 is 5.32 Å². The molecule has 0 unspecified atom stereocenters. The van der Waals surface area contributed by atoms with Crippen molar-refractivity contribution in [1.82, 2.24) is 4.98 Å². The van der Waals surface area contributed by atoms with E-state index in [9.17, 15) is 0 Å². The molecular formula is C13H22N2. The highest BCUT2D eigenvalue weighted by Crippen LogP contribution is 2.20. The van der Waals surface area contributed by atoms with Crippen molar-refractivity contribution in [2.75, 3.05) is 11.9 Å².